The van der Waals surface area contributed by atoms with Crippen LogP contribution in [0.4, 0.5) is 0 Å². The highest BCUT2D eigenvalue weighted by Crippen LogP contribution is 2.10. The average Bonchev–Trinajstić information content (AvgIpc) is 2.50. The van der Waals surface area contributed by atoms with Crippen LogP contribution in [-0.2, 0) is 20.8 Å². The van der Waals surface area contributed by atoms with Crippen molar-refractivity contribution in [1.82, 2.24) is 9.80 Å². The molecule has 1 aromatic rings. The number of benzene rings is 1. The number of nitrogens with zero attached hydrogens (tertiary/aromatic N) is 2. The van der Waals surface area contributed by atoms with E-state index in [-0.39, 0.29) is 6.79 Å². The predicted octanol–water partition coefficient (Wildman–Crippen LogP) is 1.11. The Morgan fingerprint density at radius 2 is 1.68 bits per heavy atom. The predicted molar refractivity (Wildman–Crippen MR) is 81.3 cm³/mol. The SMILES string of the molecule is CC(=O)OCOC(=O)c1ccc(CN2CCN(C)CC2)cc1. The van der Waals surface area contributed by atoms with E-state index in [0.717, 1.165) is 32.7 Å². The second kappa shape index (κ2) is 7.91. The molecule has 1 fully saturated rings. The topological polar surface area (TPSA) is 59.1 Å². The van der Waals surface area contributed by atoms with Crippen molar-refractivity contribution in [2.24, 2.45) is 0 Å². The van der Waals surface area contributed by atoms with Crippen molar-refractivity contribution in [1.29, 1.82) is 0 Å². The Labute approximate surface area is 130 Å². The summed E-state index contributed by atoms with van der Waals surface area (Å²) in [5.74, 6) is -0.970. The molecular formula is C16H22N2O4. The fourth-order valence-electron chi connectivity index (χ4n) is 2.26. The molecule has 1 saturated heterocycles. The van der Waals surface area contributed by atoms with Gasteiger partial charge in [-0.2, -0.15) is 0 Å². The summed E-state index contributed by atoms with van der Waals surface area (Å²) in [7, 11) is 2.13. The fraction of sp³-hybridized carbons (Fsp3) is 0.500. The van der Waals surface area contributed by atoms with E-state index in [1.54, 1.807) is 12.1 Å². The van der Waals surface area contributed by atoms with Gasteiger partial charge in [0.1, 0.15) is 0 Å². The summed E-state index contributed by atoms with van der Waals surface area (Å²) in [5.41, 5.74) is 1.62. The highest BCUT2D eigenvalue weighted by atomic mass is 16.7. The molecule has 0 aromatic heterocycles. The molecule has 6 heteroatoms. The lowest BCUT2D eigenvalue weighted by atomic mass is 10.1. The smallest absolute Gasteiger partial charge is 0.340 e. The quantitative estimate of drug-likeness (QED) is 0.600. The highest BCUT2D eigenvalue weighted by Gasteiger charge is 2.14. The maximum atomic E-state index is 11.7. The van der Waals surface area contributed by atoms with Crippen LogP contribution >= 0.6 is 0 Å². The Morgan fingerprint density at radius 1 is 1.05 bits per heavy atom. The first-order chi connectivity index (χ1) is 10.5. The van der Waals surface area contributed by atoms with Gasteiger partial charge in [0, 0.05) is 39.6 Å². The summed E-state index contributed by atoms with van der Waals surface area (Å²) < 4.78 is 9.42. The number of esters is 2. The zero-order valence-electron chi connectivity index (χ0n) is 13.1. The number of hydrogen-bond acceptors (Lipinski definition) is 6. The molecule has 120 valence electrons. The molecular weight excluding hydrogens is 284 g/mol. The summed E-state index contributed by atoms with van der Waals surface area (Å²) in [5, 5.41) is 0. The van der Waals surface area contributed by atoms with Crippen molar-refractivity contribution in [2.75, 3.05) is 40.0 Å². The van der Waals surface area contributed by atoms with E-state index >= 15 is 0 Å². The lowest BCUT2D eigenvalue weighted by Gasteiger charge is -2.32. The Balaban J connectivity index is 1.82. The summed E-state index contributed by atoms with van der Waals surface area (Å²) in [6.07, 6.45) is 0. The van der Waals surface area contributed by atoms with E-state index in [4.69, 9.17) is 4.74 Å². The standard InChI is InChI=1S/C16H22N2O4/c1-13(19)21-12-22-16(20)15-5-3-14(4-6-15)11-18-9-7-17(2)8-10-18/h3-6H,7-12H2,1-2H3. The average molecular weight is 306 g/mol. The van der Waals surface area contributed by atoms with Gasteiger partial charge in [-0.05, 0) is 24.7 Å². The van der Waals surface area contributed by atoms with Crippen LogP contribution in [0.15, 0.2) is 24.3 Å². The van der Waals surface area contributed by atoms with E-state index in [1.807, 2.05) is 12.1 Å². The van der Waals surface area contributed by atoms with Crippen LogP contribution in [0.3, 0.4) is 0 Å². The summed E-state index contributed by atoms with van der Waals surface area (Å²) in [6.45, 7) is 6.08. The molecule has 0 unspecified atom stereocenters. The molecule has 22 heavy (non-hydrogen) atoms. The van der Waals surface area contributed by atoms with Gasteiger partial charge in [0.25, 0.3) is 0 Å². The van der Waals surface area contributed by atoms with Gasteiger partial charge >= 0.3 is 11.9 Å². The molecule has 1 aliphatic rings. The second-order valence-electron chi connectivity index (χ2n) is 5.46. The first-order valence-electron chi connectivity index (χ1n) is 7.35. The molecule has 0 amide bonds. The summed E-state index contributed by atoms with van der Waals surface area (Å²) in [6, 6.07) is 7.34. The summed E-state index contributed by atoms with van der Waals surface area (Å²) >= 11 is 0. The lowest BCUT2D eigenvalue weighted by Crippen LogP contribution is -2.43. The van der Waals surface area contributed by atoms with Gasteiger partial charge in [-0.15, -0.1) is 0 Å². The number of rotatable bonds is 5. The van der Waals surface area contributed by atoms with Gasteiger partial charge in [-0.3, -0.25) is 9.69 Å². The Kier molecular flexibility index (Phi) is 5.91. The molecule has 0 spiro atoms. The maximum absolute atomic E-state index is 11.7. The van der Waals surface area contributed by atoms with Crippen molar-refractivity contribution in [3.8, 4) is 0 Å². The molecule has 6 nitrogen and oxygen atoms in total. The Hall–Kier alpha value is -1.92. The van der Waals surface area contributed by atoms with Crippen LogP contribution < -0.4 is 0 Å². The minimum Gasteiger partial charge on any atom is -0.428 e. The number of carbonyl (C=O) groups is 2. The van der Waals surface area contributed by atoms with E-state index < -0.39 is 11.9 Å². The normalized spacial score (nSPS) is 16.3. The van der Waals surface area contributed by atoms with Crippen molar-refractivity contribution >= 4 is 11.9 Å². The molecule has 1 aliphatic heterocycles. The third-order valence-electron chi connectivity index (χ3n) is 3.64. The number of carbonyl (C=O) groups excluding carboxylic acids is 2. The minimum absolute atomic E-state index is 0.350. The molecule has 1 heterocycles. The third-order valence-corrected chi connectivity index (χ3v) is 3.64. The molecule has 0 bridgehead atoms. The van der Waals surface area contributed by atoms with Gasteiger partial charge in [0.2, 0.25) is 6.79 Å². The molecule has 0 N–H and O–H groups in total. The molecule has 0 aliphatic carbocycles. The molecule has 0 saturated carbocycles. The van der Waals surface area contributed by atoms with Crippen molar-refractivity contribution in [2.45, 2.75) is 13.5 Å². The van der Waals surface area contributed by atoms with Gasteiger partial charge in [-0.25, -0.2) is 4.79 Å². The largest absolute Gasteiger partial charge is 0.428 e. The molecule has 1 aromatic carbocycles. The zero-order chi connectivity index (χ0) is 15.9. The van der Waals surface area contributed by atoms with Gasteiger partial charge in [0.05, 0.1) is 5.56 Å². The minimum atomic E-state index is -0.493. The number of ether oxygens (including phenoxy) is 2. The second-order valence-corrected chi connectivity index (χ2v) is 5.46. The van der Waals surface area contributed by atoms with E-state index in [1.165, 1.54) is 12.5 Å². The number of likely N-dealkylation sites (N-methyl/N-ethyl adjacent to an activating group) is 1. The first kappa shape index (κ1) is 16.5. The van der Waals surface area contributed by atoms with Crippen LogP contribution in [0, 0.1) is 0 Å². The van der Waals surface area contributed by atoms with Crippen molar-refractivity contribution < 1.29 is 19.1 Å². The van der Waals surface area contributed by atoms with Gasteiger partial charge in [-0.1, -0.05) is 12.1 Å². The van der Waals surface area contributed by atoms with Crippen LogP contribution in [0.1, 0.15) is 22.8 Å². The Bertz CT molecular complexity index is 507. The first-order valence-corrected chi connectivity index (χ1v) is 7.35. The third kappa shape index (κ3) is 5.13. The van der Waals surface area contributed by atoms with Crippen LogP contribution in [0.25, 0.3) is 0 Å². The van der Waals surface area contributed by atoms with Gasteiger partial charge < -0.3 is 14.4 Å². The van der Waals surface area contributed by atoms with Crippen LogP contribution in [0.2, 0.25) is 0 Å². The molecule has 0 atom stereocenters. The molecule has 0 radical (unpaired) electrons. The lowest BCUT2D eigenvalue weighted by molar-refractivity contribution is -0.149. The molecule has 2 rings (SSSR count). The van der Waals surface area contributed by atoms with E-state index in [9.17, 15) is 9.59 Å². The van der Waals surface area contributed by atoms with E-state index in [0.29, 0.717) is 5.56 Å². The van der Waals surface area contributed by atoms with Gasteiger partial charge in [0.15, 0.2) is 0 Å². The van der Waals surface area contributed by atoms with Crippen molar-refractivity contribution in [3.63, 3.8) is 0 Å². The number of hydrogen-bond donors (Lipinski definition) is 0. The maximum Gasteiger partial charge on any atom is 0.340 e. The fourth-order valence-corrected chi connectivity index (χ4v) is 2.26. The highest BCUT2D eigenvalue weighted by molar-refractivity contribution is 5.89. The zero-order valence-corrected chi connectivity index (χ0v) is 13.1. The van der Waals surface area contributed by atoms with Crippen molar-refractivity contribution in [3.05, 3.63) is 35.4 Å². The van der Waals surface area contributed by atoms with Crippen LogP contribution in [0.5, 0.6) is 0 Å². The van der Waals surface area contributed by atoms with E-state index in [2.05, 4.69) is 21.6 Å². The monoisotopic (exact) mass is 306 g/mol. The summed E-state index contributed by atoms with van der Waals surface area (Å²) in [4.78, 5) is 27.0. The van der Waals surface area contributed by atoms with Crippen LogP contribution in [-0.4, -0.2) is 61.8 Å². The Morgan fingerprint density at radius 3 is 2.27 bits per heavy atom. The number of piperazine rings is 1.